The van der Waals surface area contributed by atoms with Gasteiger partial charge in [-0.15, -0.1) is 0 Å². The molecule has 1 atom stereocenters. The Morgan fingerprint density at radius 2 is 1.82 bits per heavy atom. The Kier molecular flexibility index (Phi) is 2.83. The van der Waals surface area contributed by atoms with Gasteiger partial charge in [0.15, 0.2) is 0 Å². The van der Waals surface area contributed by atoms with Crippen LogP contribution in [0.4, 0.5) is 0 Å². The third-order valence-electron chi connectivity index (χ3n) is 2.88. The lowest BCUT2D eigenvalue weighted by atomic mass is 9.89. The normalized spacial score (nSPS) is 14.3. The number of fused-ring (bicyclic) bond motifs is 1. The van der Waals surface area contributed by atoms with Crippen molar-refractivity contribution in [2.24, 2.45) is 11.6 Å². The lowest BCUT2D eigenvalue weighted by Gasteiger charge is -2.23. The summed E-state index contributed by atoms with van der Waals surface area (Å²) < 4.78 is 0. The van der Waals surface area contributed by atoms with E-state index in [0.29, 0.717) is 5.56 Å². The molecule has 0 spiro atoms. The molecule has 17 heavy (non-hydrogen) atoms. The molecule has 2 aromatic carbocycles. The fourth-order valence-corrected chi connectivity index (χ4v) is 1.91. The van der Waals surface area contributed by atoms with E-state index < -0.39 is 11.5 Å². The topological polar surface area (TPSA) is 78.3 Å². The van der Waals surface area contributed by atoms with Gasteiger partial charge in [-0.1, -0.05) is 42.5 Å². The number of benzene rings is 2. The van der Waals surface area contributed by atoms with E-state index >= 15 is 0 Å². The Morgan fingerprint density at radius 3 is 2.53 bits per heavy atom. The minimum absolute atomic E-state index is 0.658. The van der Waals surface area contributed by atoms with Crippen LogP contribution < -0.4 is 11.6 Å². The van der Waals surface area contributed by atoms with Crippen LogP contribution in [0.15, 0.2) is 42.5 Å². The van der Waals surface area contributed by atoms with E-state index in [4.69, 9.17) is 11.6 Å². The molecule has 0 aliphatic heterocycles. The zero-order valence-electron chi connectivity index (χ0n) is 9.51. The van der Waals surface area contributed by atoms with Gasteiger partial charge in [-0.05, 0) is 23.3 Å². The average Bonchev–Trinajstić information content (AvgIpc) is 2.37. The first-order chi connectivity index (χ1) is 8.07. The van der Waals surface area contributed by atoms with Gasteiger partial charge in [0, 0.05) is 0 Å². The summed E-state index contributed by atoms with van der Waals surface area (Å²) in [5, 5.41) is 1.94. The van der Waals surface area contributed by atoms with Crippen LogP contribution in [-0.4, -0.2) is 5.97 Å². The maximum atomic E-state index is 11.6. The van der Waals surface area contributed by atoms with Crippen LogP contribution in [-0.2, 0) is 15.2 Å². The number of hydrogen-bond acceptors (Lipinski definition) is 4. The highest BCUT2D eigenvalue weighted by atomic mass is 16.7. The molecule has 2 rings (SSSR count). The van der Waals surface area contributed by atoms with Crippen LogP contribution in [0.2, 0.25) is 0 Å². The molecule has 0 radical (unpaired) electrons. The summed E-state index contributed by atoms with van der Waals surface area (Å²) >= 11 is 0. The van der Waals surface area contributed by atoms with E-state index in [2.05, 4.69) is 4.84 Å². The van der Waals surface area contributed by atoms with E-state index in [0.717, 1.165) is 10.8 Å². The van der Waals surface area contributed by atoms with Gasteiger partial charge in [-0.25, -0.2) is 4.79 Å². The van der Waals surface area contributed by atoms with Gasteiger partial charge < -0.3 is 10.6 Å². The highest BCUT2D eigenvalue weighted by Crippen LogP contribution is 2.27. The fraction of sp³-hybridized carbons (Fsp3) is 0.154. The first kappa shape index (κ1) is 11.6. The van der Waals surface area contributed by atoms with Crippen molar-refractivity contribution in [1.29, 1.82) is 0 Å². The Bertz CT molecular complexity index is 559. The molecule has 4 N–H and O–H groups in total. The van der Waals surface area contributed by atoms with Gasteiger partial charge in [-0.3, -0.25) is 0 Å². The predicted molar refractivity (Wildman–Crippen MR) is 65.8 cm³/mol. The van der Waals surface area contributed by atoms with Crippen LogP contribution in [0.3, 0.4) is 0 Å². The molecule has 0 amide bonds. The predicted octanol–water partition coefficient (Wildman–Crippen LogP) is 1.43. The summed E-state index contributed by atoms with van der Waals surface area (Å²) in [6, 6.07) is 13.3. The van der Waals surface area contributed by atoms with Gasteiger partial charge >= 0.3 is 5.97 Å². The third-order valence-corrected chi connectivity index (χ3v) is 2.88. The highest BCUT2D eigenvalue weighted by Gasteiger charge is 2.33. The van der Waals surface area contributed by atoms with E-state index in [1.54, 1.807) is 13.0 Å². The van der Waals surface area contributed by atoms with Crippen LogP contribution >= 0.6 is 0 Å². The highest BCUT2D eigenvalue weighted by molar-refractivity contribution is 5.92. The maximum Gasteiger partial charge on any atom is 0.348 e. The standard InChI is InChI=1S/C13H14N2O2/c1-13(14,12(16)17-15)11-8-4-6-9-5-2-3-7-10(9)11/h2-8H,14-15H2,1H3/t13-/m1/s1. The lowest BCUT2D eigenvalue weighted by molar-refractivity contribution is -0.150. The molecule has 0 fully saturated rings. The van der Waals surface area contributed by atoms with E-state index in [1.165, 1.54) is 0 Å². The lowest BCUT2D eigenvalue weighted by Crippen LogP contribution is -2.44. The Morgan fingerprint density at radius 1 is 1.18 bits per heavy atom. The van der Waals surface area contributed by atoms with Gasteiger partial charge in [0.2, 0.25) is 0 Å². The van der Waals surface area contributed by atoms with Crippen molar-refractivity contribution in [1.82, 2.24) is 0 Å². The molecule has 4 heteroatoms. The zero-order chi connectivity index (χ0) is 12.5. The van der Waals surface area contributed by atoms with Crippen molar-refractivity contribution >= 4 is 16.7 Å². The average molecular weight is 230 g/mol. The monoisotopic (exact) mass is 230 g/mol. The molecule has 0 heterocycles. The Balaban J connectivity index is 2.67. The first-order valence-corrected chi connectivity index (χ1v) is 5.25. The molecular formula is C13H14N2O2. The van der Waals surface area contributed by atoms with Crippen LogP contribution in [0.5, 0.6) is 0 Å². The molecule has 0 aliphatic rings. The molecule has 2 aromatic rings. The van der Waals surface area contributed by atoms with Crippen molar-refractivity contribution in [3.05, 3.63) is 48.0 Å². The molecule has 0 bridgehead atoms. The third kappa shape index (κ3) is 1.88. The fourth-order valence-electron chi connectivity index (χ4n) is 1.91. The minimum atomic E-state index is -1.25. The van der Waals surface area contributed by atoms with Gasteiger partial charge in [0.05, 0.1) is 0 Å². The van der Waals surface area contributed by atoms with Gasteiger partial charge in [0.25, 0.3) is 0 Å². The van der Waals surface area contributed by atoms with E-state index in [9.17, 15) is 4.79 Å². The van der Waals surface area contributed by atoms with Crippen molar-refractivity contribution < 1.29 is 9.63 Å². The van der Waals surface area contributed by atoms with Crippen molar-refractivity contribution in [3.63, 3.8) is 0 Å². The quantitative estimate of drug-likeness (QED) is 0.765. The number of carbonyl (C=O) groups is 1. The zero-order valence-corrected chi connectivity index (χ0v) is 9.51. The number of rotatable bonds is 2. The van der Waals surface area contributed by atoms with Crippen LogP contribution in [0, 0.1) is 0 Å². The second-order valence-corrected chi connectivity index (χ2v) is 4.13. The largest absolute Gasteiger partial charge is 0.372 e. The first-order valence-electron chi connectivity index (χ1n) is 5.25. The van der Waals surface area contributed by atoms with Gasteiger partial charge in [-0.2, -0.15) is 5.90 Å². The molecule has 88 valence electrons. The molecule has 4 nitrogen and oxygen atoms in total. The number of hydrogen-bond donors (Lipinski definition) is 2. The molecule has 0 aliphatic carbocycles. The second-order valence-electron chi connectivity index (χ2n) is 4.13. The van der Waals surface area contributed by atoms with Crippen molar-refractivity contribution in [2.75, 3.05) is 0 Å². The summed E-state index contributed by atoms with van der Waals surface area (Å²) in [6.45, 7) is 1.59. The molecule has 0 saturated carbocycles. The smallest absolute Gasteiger partial charge is 0.348 e. The Labute approximate surface area is 99.1 Å². The molecule has 0 saturated heterocycles. The van der Waals surface area contributed by atoms with Crippen molar-refractivity contribution in [2.45, 2.75) is 12.5 Å². The molecular weight excluding hydrogens is 216 g/mol. The molecule has 0 aromatic heterocycles. The summed E-state index contributed by atoms with van der Waals surface area (Å²) in [7, 11) is 0. The summed E-state index contributed by atoms with van der Waals surface area (Å²) in [5.41, 5.74) is 5.45. The SMILES string of the molecule is C[C@](N)(C(=O)ON)c1cccc2ccccc12. The summed E-state index contributed by atoms with van der Waals surface area (Å²) in [5.74, 6) is 4.25. The number of carbonyl (C=O) groups excluding carboxylic acids is 1. The van der Waals surface area contributed by atoms with Crippen LogP contribution in [0.1, 0.15) is 12.5 Å². The van der Waals surface area contributed by atoms with E-state index in [-0.39, 0.29) is 0 Å². The second kappa shape index (κ2) is 4.16. The Hall–Kier alpha value is -1.91. The molecule has 0 unspecified atom stereocenters. The van der Waals surface area contributed by atoms with Crippen LogP contribution in [0.25, 0.3) is 10.8 Å². The van der Waals surface area contributed by atoms with E-state index in [1.807, 2.05) is 36.4 Å². The summed E-state index contributed by atoms with van der Waals surface area (Å²) in [6.07, 6.45) is 0. The minimum Gasteiger partial charge on any atom is -0.372 e. The van der Waals surface area contributed by atoms with Gasteiger partial charge in [0.1, 0.15) is 5.54 Å². The maximum absolute atomic E-state index is 11.6. The van der Waals surface area contributed by atoms with Crippen molar-refractivity contribution in [3.8, 4) is 0 Å². The number of nitrogens with two attached hydrogens (primary N) is 2. The summed E-state index contributed by atoms with van der Waals surface area (Å²) in [4.78, 5) is 15.9.